The topological polar surface area (TPSA) is 65.8 Å². The van der Waals surface area contributed by atoms with Crippen molar-refractivity contribution in [2.75, 3.05) is 5.32 Å². The molecule has 1 aromatic heterocycles. The van der Waals surface area contributed by atoms with Gasteiger partial charge in [0.25, 0.3) is 5.91 Å². The first-order chi connectivity index (χ1) is 9.60. The number of nitrogens with zero attached hydrogens (tertiary/aromatic N) is 2. The molecule has 4 nitrogen and oxygen atoms in total. The summed E-state index contributed by atoms with van der Waals surface area (Å²) >= 11 is 1.43. The highest BCUT2D eigenvalue weighted by molar-refractivity contribution is 7.14. The van der Waals surface area contributed by atoms with E-state index >= 15 is 0 Å². The van der Waals surface area contributed by atoms with Crippen LogP contribution in [0.1, 0.15) is 41.4 Å². The number of aromatic nitrogens is 1. The molecule has 0 bridgehead atoms. The molecule has 20 heavy (non-hydrogen) atoms. The molecule has 1 aromatic carbocycles. The lowest BCUT2D eigenvalue weighted by molar-refractivity contribution is 0.102. The van der Waals surface area contributed by atoms with Crippen molar-refractivity contribution < 1.29 is 4.79 Å². The summed E-state index contributed by atoms with van der Waals surface area (Å²) in [5, 5.41) is 14.0. The van der Waals surface area contributed by atoms with Gasteiger partial charge in [-0.05, 0) is 23.6 Å². The van der Waals surface area contributed by atoms with E-state index in [0.29, 0.717) is 23.0 Å². The van der Waals surface area contributed by atoms with Crippen molar-refractivity contribution in [1.29, 1.82) is 5.26 Å². The van der Waals surface area contributed by atoms with Crippen LogP contribution in [-0.2, 0) is 6.42 Å². The van der Waals surface area contributed by atoms with Gasteiger partial charge in [-0.25, -0.2) is 4.98 Å². The number of carbonyl (C=O) groups is 1. The van der Waals surface area contributed by atoms with Crippen LogP contribution in [0.5, 0.6) is 0 Å². The smallest absolute Gasteiger partial charge is 0.257 e. The molecule has 102 valence electrons. The summed E-state index contributed by atoms with van der Waals surface area (Å²) in [6.45, 7) is 4.13. The highest BCUT2D eigenvalue weighted by atomic mass is 32.1. The molecular weight excluding hydrogens is 270 g/mol. The van der Waals surface area contributed by atoms with E-state index in [-0.39, 0.29) is 5.91 Å². The molecule has 0 radical (unpaired) electrons. The Kier molecular flexibility index (Phi) is 4.49. The van der Waals surface area contributed by atoms with Crippen LogP contribution in [0, 0.1) is 11.3 Å². The average Bonchev–Trinajstić information content (AvgIpc) is 2.88. The SMILES string of the molecule is CC(C)c1csc(NC(=O)c2ccc(CC#N)cc2)n1. The highest BCUT2D eigenvalue weighted by Gasteiger charge is 2.10. The van der Waals surface area contributed by atoms with Gasteiger partial charge in [-0.2, -0.15) is 5.26 Å². The lowest BCUT2D eigenvalue weighted by Gasteiger charge is -2.03. The summed E-state index contributed by atoms with van der Waals surface area (Å²) in [6.07, 6.45) is 0.353. The molecular formula is C15H15N3OS. The van der Waals surface area contributed by atoms with Crippen LogP contribution in [0.3, 0.4) is 0 Å². The largest absolute Gasteiger partial charge is 0.298 e. The maximum Gasteiger partial charge on any atom is 0.257 e. The summed E-state index contributed by atoms with van der Waals surface area (Å²) in [4.78, 5) is 16.4. The van der Waals surface area contributed by atoms with Crippen molar-refractivity contribution in [1.82, 2.24) is 4.98 Å². The Bertz CT molecular complexity index is 638. The Morgan fingerprint density at radius 1 is 1.40 bits per heavy atom. The normalized spacial score (nSPS) is 10.3. The standard InChI is InChI=1S/C15H15N3OS/c1-10(2)13-9-20-15(17-13)18-14(19)12-5-3-11(4-6-12)7-8-16/h3-6,9-10H,7H2,1-2H3,(H,17,18,19). The van der Waals surface area contributed by atoms with Gasteiger partial charge < -0.3 is 0 Å². The molecule has 5 heteroatoms. The second kappa shape index (κ2) is 6.31. The monoisotopic (exact) mass is 285 g/mol. The Balaban J connectivity index is 2.05. The molecule has 2 rings (SSSR count). The number of nitrogens with one attached hydrogen (secondary N) is 1. The zero-order chi connectivity index (χ0) is 14.5. The Morgan fingerprint density at radius 3 is 2.65 bits per heavy atom. The number of thiazole rings is 1. The highest BCUT2D eigenvalue weighted by Crippen LogP contribution is 2.22. The fraction of sp³-hybridized carbons (Fsp3) is 0.267. The van der Waals surface area contributed by atoms with Gasteiger partial charge in [0, 0.05) is 10.9 Å². The van der Waals surface area contributed by atoms with E-state index in [4.69, 9.17) is 5.26 Å². The Labute approximate surface area is 122 Å². The number of anilines is 1. The minimum Gasteiger partial charge on any atom is -0.298 e. The van der Waals surface area contributed by atoms with E-state index in [1.54, 1.807) is 24.3 Å². The van der Waals surface area contributed by atoms with Gasteiger partial charge >= 0.3 is 0 Å². The van der Waals surface area contributed by atoms with Crippen LogP contribution < -0.4 is 5.32 Å². The van der Waals surface area contributed by atoms with Crippen molar-refractivity contribution in [3.8, 4) is 6.07 Å². The minimum atomic E-state index is -0.182. The maximum atomic E-state index is 12.1. The molecule has 0 unspecified atom stereocenters. The Morgan fingerprint density at radius 2 is 2.10 bits per heavy atom. The van der Waals surface area contributed by atoms with Gasteiger partial charge in [-0.1, -0.05) is 26.0 Å². The van der Waals surface area contributed by atoms with Crippen molar-refractivity contribution in [2.24, 2.45) is 0 Å². The number of carbonyl (C=O) groups excluding carboxylic acids is 1. The van der Waals surface area contributed by atoms with Crippen LogP contribution in [0.2, 0.25) is 0 Å². The van der Waals surface area contributed by atoms with Crippen molar-refractivity contribution >= 4 is 22.4 Å². The first-order valence-corrected chi connectivity index (χ1v) is 7.20. The number of amides is 1. The number of rotatable bonds is 4. The Hall–Kier alpha value is -2.19. The van der Waals surface area contributed by atoms with Crippen molar-refractivity contribution in [3.05, 3.63) is 46.5 Å². The predicted molar refractivity (Wildman–Crippen MR) is 79.9 cm³/mol. The molecule has 0 aliphatic carbocycles. The number of hydrogen-bond acceptors (Lipinski definition) is 4. The van der Waals surface area contributed by atoms with E-state index in [2.05, 4.69) is 30.2 Å². The molecule has 0 aliphatic heterocycles. The molecule has 0 aliphatic rings. The van der Waals surface area contributed by atoms with Crippen LogP contribution in [0.15, 0.2) is 29.6 Å². The van der Waals surface area contributed by atoms with E-state index in [0.717, 1.165) is 11.3 Å². The summed E-state index contributed by atoms with van der Waals surface area (Å²) in [5.41, 5.74) is 2.45. The van der Waals surface area contributed by atoms with Gasteiger partial charge in [0.15, 0.2) is 5.13 Å². The third kappa shape index (κ3) is 3.43. The molecule has 0 saturated heterocycles. The zero-order valence-corrected chi connectivity index (χ0v) is 12.2. The molecule has 1 amide bonds. The van der Waals surface area contributed by atoms with Gasteiger partial charge in [-0.15, -0.1) is 11.3 Å². The van der Waals surface area contributed by atoms with Crippen LogP contribution >= 0.6 is 11.3 Å². The molecule has 0 spiro atoms. The van der Waals surface area contributed by atoms with Crippen LogP contribution in [0.25, 0.3) is 0 Å². The lowest BCUT2D eigenvalue weighted by Crippen LogP contribution is -2.11. The number of benzene rings is 1. The van der Waals surface area contributed by atoms with Crippen molar-refractivity contribution in [2.45, 2.75) is 26.2 Å². The summed E-state index contributed by atoms with van der Waals surface area (Å²) in [6, 6.07) is 9.10. The molecule has 1 N–H and O–H groups in total. The van der Waals surface area contributed by atoms with E-state index in [9.17, 15) is 4.79 Å². The molecule has 0 saturated carbocycles. The second-order valence-electron chi connectivity index (χ2n) is 4.72. The fourth-order valence-corrected chi connectivity index (χ4v) is 2.51. The van der Waals surface area contributed by atoms with Gasteiger partial charge in [0.05, 0.1) is 18.2 Å². The van der Waals surface area contributed by atoms with Gasteiger partial charge in [0.2, 0.25) is 0 Å². The fourth-order valence-electron chi connectivity index (χ4n) is 1.64. The maximum absolute atomic E-state index is 12.1. The quantitative estimate of drug-likeness (QED) is 0.933. The molecule has 1 heterocycles. The number of hydrogen-bond donors (Lipinski definition) is 1. The van der Waals surface area contributed by atoms with Gasteiger partial charge in [-0.3, -0.25) is 10.1 Å². The minimum absolute atomic E-state index is 0.182. The third-order valence-electron chi connectivity index (χ3n) is 2.83. The van der Waals surface area contributed by atoms with Gasteiger partial charge in [0.1, 0.15) is 0 Å². The van der Waals surface area contributed by atoms with E-state index < -0.39 is 0 Å². The van der Waals surface area contributed by atoms with Crippen LogP contribution in [-0.4, -0.2) is 10.9 Å². The summed E-state index contributed by atoms with van der Waals surface area (Å²) in [5.74, 6) is 0.167. The van der Waals surface area contributed by atoms with Crippen molar-refractivity contribution in [3.63, 3.8) is 0 Å². The second-order valence-corrected chi connectivity index (χ2v) is 5.58. The first kappa shape index (κ1) is 14.2. The van der Waals surface area contributed by atoms with E-state index in [1.165, 1.54) is 11.3 Å². The molecule has 0 atom stereocenters. The number of nitriles is 1. The first-order valence-electron chi connectivity index (χ1n) is 6.33. The third-order valence-corrected chi connectivity index (χ3v) is 3.61. The zero-order valence-electron chi connectivity index (χ0n) is 11.4. The molecule has 2 aromatic rings. The summed E-state index contributed by atoms with van der Waals surface area (Å²) < 4.78 is 0. The predicted octanol–water partition coefficient (Wildman–Crippen LogP) is 3.58. The molecule has 0 fully saturated rings. The van der Waals surface area contributed by atoms with Crippen LogP contribution in [0.4, 0.5) is 5.13 Å². The lowest BCUT2D eigenvalue weighted by atomic mass is 10.1. The summed E-state index contributed by atoms with van der Waals surface area (Å²) in [7, 11) is 0. The van der Waals surface area contributed by atoms with E-state index in [1.807, 2.05) is 5.38 Å². The average molecular weight is 285 g/mol.